The second-order valence-electron chi connectivity index (χ2n) is 6.72. The van der Waals surface area contributed by atoms with Crippen molar-refractivity contribution in [1.82, 2.24) is 4.57 Å². The molecule has 30 heavy (non-hydrogen) atoms. The minimum absolute atomic E-state index is 0.105. The monoisotopic (exact) mass is 425 g/mol. The third-order valence-electron chi connectivity index (χ3n) is 4.72. The molecule has 2 heterocycles. The molecule has 154 valence electrons. The van der Waals surface area contributed by atoms with Crippen LogP contribution in [0.25, 0.3) is 0 Å². The molecule has 0 aliphatic rings. The summed E-state index contributed by atoms with van der Waals surface area (Å²) in [5.74, 6) is -1.04. The highest BCUT2D eigenvalue weighted by Gasteiger charge is 2.20. The number of hydrogen-bond acceptors (Lipinski definition) is 5. The van der Waals surface area contributed by atoms with Crippen LogP contribution >= 0.6 is 11.3 Å². The number of nitriles is 1. The van der Waals surface area contributed by atoms with Crippen molar-refractivity contribution in [1.29, 1.82) is 5.26 Å². The van der Waals surface area contributed by atoms with Crippen LogP contribution in [0.1, 0.15) is 27.3 Å². The molecule has 1 amide bonds. The average molecular weight is 425 g/mol. The summed E-state index contributed by atoms with van der Waals surface area (Å²) in [6.45, 7) is 3.54. The number of thiophene rings is 1. The van der Waals surface area contributed by atoms with Gasteiger partial charge in [0.05, 0.1) is 12.0 Å². The molecule has 2 aromatic heterocycles. The highest BCUT2D eigenvalue weighted by Crippen LogP contribution is 2.27. The van der Waals surface area contributed by atoms with Crippen LogP contribution in [0, 0.1) is 31.0 Å². The topological polar surface area (TPSA) is 84.1 Å². The Balaban J connectivity index is 1.73. The lowest BCUT2D eigenvalue weighted by molar-refractivity contribution is -0.146. The molecule has 3 aromatic rings. The smallest absolute Gasteiger partial charge is 0.311 e. The minimum Gasteiger partial charge on any atom is -0.455 e. The van der Waals surface area contributed by atoms with Crippen LogP contribution < -0.4 is 5.32 Å². The molecule has 0 spiro atoms. The van der Waals surface area contributed by atoms with Crippen molar-refractivity contribution in [2.24, 2.45) is 0 Å². The van der Waals surface area contributed by atoms with Gasteiger partial charge in [-0.15, -0.1) is 11.3 Å². The van der Waals surface area contributed by atoms with Crippen LogP contribution in [-0.2, 0) is 27.3 Å². The van der Waals surface area contributed by atoms with Crippen molar-refractivity contribution < 1.29 is 18.7 Å². The van der Waals surface area contributed by atoms with Crippen LogP contribution in [0.4, 0.5) is 10.2 Å². The van der Waals surface area contributed by atoms with Gasteiger partial charge in [-0.05, 0) is 48.6 Å². The van der Waals surface area contributed by atoms with Crippen molar-refractivity contribution in [3.63, 3.8) is 0 Å². The van der Waals surface area contributed by atoms with Crippen molar-refractivity contribution in [3.8, 4) is 6.07 Å². The number of nitrogens with zero attached hydrogens (tertiary/aromatic N) is 2. The van der Waals surface area contributed by atoms with E-state index in [1.54, 1.807) is 23.6 Å². The van der Waals surface area contributed by atoms with Gasteiger partial charge in [0.25, 0.3) is 5.91 Å². The largest absolute Gasteiger partial charge is 0.455 e. The van der Waals surface area contributed by atoms with Crippen LogP contribution in [0.15, 0.2) is 41.8 Å². The zero-order chi connectivity index (χ0) is 21.7. The fraction of sp³-hybridized carbons (Fsp3) is 0.227. The highest BCUT2D eigenvalue weighted by atomic mass is 32.1. The first-order chi connectivity index (χ1) is 14.4. The third-order valence-corrected chi connectivity index (χ3v) is 5.59. The molecule has 0 aliphatic heterocycles. The molecule has 0 bridgehead atoms. The number of rotatable bonds is 7. The van der Waals surface area contributed by atoms with Crippen LogP contribution in [0.2, 0.25) is 0 Å². The minimum atomic E-state index is -0.538. The van der Waals surface area contributed by atoms with Crippen LogP contribution in [0.5, 0.6) is 0 Å². The molecule has 3 rings (SSSR count). The van der Waals surface area contributed by atoms with Gasteiger partial charge in [0, 0.05) is 17.1 Å². The Morgan fingerprint density at radius 2 is 1.97 bits per heavy atom. The van der Waals surface area contributed by atoms with E-state index < -0.39 is 18.5 Å². The maximum Gasteiger partial charge on any atom is 0.311 e. The maximum absolute atomic E-state index is 13.2. The molecular weight excluding hydrogens is 405 g/mol. The number of carbonyl (C=O) groups is 2. The Bertz CT molecular complexity index is 1100. The summed E-state index contributed by atoms with van der Waals surface area (Å²) in [6.07, 6.45) is 0.105. The molecule has 0 saturated heterocycles. The first-order valence-corrected chi connectivity index (χ1v) is 10.1. The molecule has 1 aromatic carbocycles. The van der Waals surface area contributed by atoms with Crippen LogP contribution in [-0.4, -0.2) is 23.1 Å². The van der Waals surface area contributed by atoms with Crippen LogP contribution in [0.3, 0.4) is 0 Å². The van der Waals surface area contributed by atoms with Gasteiger partial charge in [0.15, 0.2) is 6.61 Å². The Morgan fingerprint density at radius 3 is 2.60 bits per heavy atom. The standard InChI is InChI=1S/C22H20FN3O3S/c1-14-15(2)26(12-16-5-7-17(23)8-6-16)22(19(14)11-24)25-20(27)13-29-21(28)10-18-4-3-9-30-18/h3-9H,10,12-13H2,1-2H3,(H,25,27). The zero-order valence-electron chi connectivity index (χ0n) is 16.6. The summed E-state index contributed by atoms with van der Waals surface area (Å²) >= 11 is 1.44. The number of ether oxygens (including phenoxy) is 1. The number of aromatic nitrogens is 1. The predicted molar refractivity (Wildman–Crippen MR) is 112 cm³/mol. The van der Waals surface area contributed by atoms with Gasteiger partial charge in [-0.3, -0.25) is 9.59 Å². The Labute approximate surface area is 177 Å². The molecular formula is C22H20FN3O3S. The third kappa shape index (κ3) is 4.93. The number of amides is 1. The summed E-state index contributed by atoms with van der Waals surface area (Å²) in [5.41, 5.74) is 2.70. The van der Waals surface area contributed by atoms with Crippen molar-refractivity contribution >= 4 is 29.0 Å². The van der Waals surface area contributed by atoms with Gasteiger partial charge in [0.2, 0.25) is 0 Å². The average Bonchev–Trinajstić information content (AvgIpc) is 3.30. The van der Waals surface area contributed by atoms with Gasteiger partial charge in [-0.1, -0.05) is 18.2 Å². The van der Waals surface area contributed by atoms with E-state index in [0.717, 1.165) is 21.7 Å². The summed E-state index contributed by atoms with van der Waals surface area (Å²) in [5, 5.41) is 14.1. The van der Waals surface area contributed by atoms with E-state index in [4.69, 9.17) is 4.74 Å². The summed E-state index contributed by atoms with van der Waals surface area (Å²) in [7, 11) is 0. The first kappa shape index (κ1) is 21.3. The molecule has 0 radical (unpaired) electrons. The van der Waals surface area contributed by atoms with E-state index in [0.29, 0.717) is 17.9 Å². The molecule has 0 fully saturated rings. The summed E-state index contributed by atoms with van der Waals surface area (Å²) < 4.78 is 20.0. The molecule has 8 heteroatoms. The fourth-order valence-electron chi connectivity index (χ4n) is 3.02. The van der Waals surface area contributed by atoms with Crippen molar-refractivity contribution in [2.45, 2.75) is 26.8 Å². The molecule has 0 aliphatic carbocycles. The number of hydrogen-bond donors (Lipinski definition) is 1. The normalized spacial score (nSPS) is 10.5. The number of halogens is 1. The Hall–Kier alpha value is -3.44. The molecule has 0 atom stereocenters. The highest BCUT2D eigenvalue weighted by molar-refractivity contribution is 7.10. The van der Waals surface area contributed by atoms with Gasteiger partial charge in [-0.2, -0.15) is 5.26 Å². The van der Waals surface area contributed by atoms with Gasteiger partial charge in [0.1, 0.15) is 17.7 Å². The molecule has 1 N–H and O–H groups in total. The lowest BCUT2D eigenvalue weighted by atomic mass is 10.2. The lowest BCUT2D eigenvalue weighted by Gasteiger charge is -2.13. The van der Waals surface area contributed by atoms with E-state index in [9.17, 15) is 19.2 Å². The number of nitrogens with one attached hydrogen (secondary N) is 1. The summed E-state index contributed by atoms with van der Waals surface area (Å²) in [6, 6.07) is 11.8. The molecule has 0 saturated carbocycles. The van der Waals surface area contributed by atoms with Gasteiger partial charge in [-0.25, -0.2) is 4.39 Å². The number of benzene rings is 1. The number of anilines is 1. The van der Waals surface area contributed by atoms with E-state index in [1.807, 2.05) is 24.4 Å². The second kappa shape index (κ2) is 9.37. The van der Waals surface area contributed by atoms with Gasteiger partial charge >= 0.3 is 5.97 Å². The lowest BCUT2D eigenvalue weighted by Crippen LogP contribution is -2.23. The quantitative estimate of drug-likeness (QED) is 0.581. The number of esters is 1. The van der Waals surface area contributed by atoms with Crippen molar-refractivity contribution in [3.05, 3.63) is 74.9 Å². The van der Waals surface area contributed by atoms with Crippen molar-refractivity contribution in [2.75, 3.05) is 11.9 Å². The SMILES string of the molecule is Cc1c(C#N)c(NC(=O)COC(=O)Cc2cccs2)n(Cc2ccc(F)cc2)c1C. The summed E-state index contributed by atoms with van der Waals surface area (Å²) in [4.78, 5) is 25.2. The van der Waals surface area contributed by atoms with E-state index in [2.05, 4.69) is 11.4 Å². The fourth-order valence-corrected chi connectivity index (χ4v) is 3.71. The maximum atomic E-state index is 13.2. The number of carbonyl (C=O) groups excluding carboxylic acids is 2. The van der Waals surface area contributed by atoms with Gasteiger partial charge < -0.3 is 14.6 Å². The predicted octanol–water partition coefficient (Wildman–Crippen LogP) is 3.95. The van der Waals surface area contributed by atoms with E-state index >= 15 is 0 Å². The zero-order valence-corrected chi connectivity index (χ0v) is 17.4. The first-order valence-electron chi connectivity index (χ1n) is 9.21. The Morgan fingerprint density at radius 1 is 1.23 bits per heavy atom. The molecule has 0 unspecified atom stereocenters. The second-order valence-corrected chi connectivity index (χ2v) is 7.76. The van der Waals surface area contributed by atoms with E-state index in [-0.39, 0.29) is 12.2 Å². The Kier molecular flexibility index (Phi) is 6.65. The van der Waals surface area contributed by atoms with E-state index in [1.165, 1.54) is 23.5 Å². The molecule has 6 nitrogen and oxygen atoms in total.